The van der Waals surface area contributed by atoms with Gasteiger partial charge in [0.05, 0.1) is 0 Å². The number of aryl methyl sites for hydroxylation is 1. The summed E-state index contributed by atoms with van der Waals surface area (Å²) < 4.78 is 13.0. The lowest BCUT2D eigenvalue weighted by Crippen LogP contribution is -2.33. The summed E-state index contributed by atoms with van der Waals surface area (Å²) in [5.74, 6) is -0.733. The molecule has 1 atom stereocenters. The molecule has 16 heavy (non-hydrogen) atoms. The summed E-state index contributed by atoms with van der Waals surface area (Å²) in [6.45, 7) is 3.57. The molecule has 3 nitrogen and oxygen atoms in total. The fourth-order valence-corrected chi connectivity index (χ4v) is 1.41. The number of carbonyl (C=O) groups is 1. The Balaban J connectivity index is 2.76. The summed E-state index contributed by atoms with van der Waals surface area (Å²) in [6, 6.07) is 3.99. The van der Waals surface area contributed by atoms with Crippen molar-refractivity contribution < 1.29 is 14.3 Å². The van der Waals surface area contributed by atoms with Crippen LogP contribution in [0.3, 0.4) is 0 Å². The Morgan fingerprint density at radius 1 is 1.56 bits per heavy atom. The lowest BCUT2D eigenvalue weighted by molar-refractivity contribution is 0.0933. The zero-order valence-electron chi connectivity index (χ0n) is 9.46. The van der Waals surface area contributed by atoms with Crippen LogP contribution >= 0.6 is 0 Å². The summed E-state index contributed by atoms with van der Waals surface area (Å²) in [4.78, 5) is 11.7. The van der Waals surface area contributed by atoms with Crippen molar-refractivity contribution in [2.75, 3.05) is 6.61 Å². The third kappa shape index (κ3) is 3.31. The third-order valence-corrected chi connectivity index (χ3v) is 2.38. The van der Waals surface area contributed by atoms with Crippen LogP contribution in [-0.2, 0) is 0 Å². The number of carbonyl (C=O) groups excluding carboxylic acids is 1. The monoisotopic (exact) mass is 225 g/mol. The highest BCUT2D eigenvalue weighted by Gasteiger charge is 2.12. The van der Waals surface area contributed by atoms with Gasteiger partial charge in [0.1, 0.15) is 5.82 Å². The molecule has 1 rings (SSSR count). The van der Waals surface area contributed by atoms with Gasteiger partial charge in [0.25, 0.3) is 5.91 Å². The molecule has 0 saturated heterocycles. The van der Waals surface area contributed by atoms with Gasteiger partial charge in [-0.1, -0.05) is 6.07 Å². The molecule has 0 radical (unpaired) electrons. The summed E-state index contributed by atoms with van der Waals surface area (Å²) in [5, 5.41) is 11.4. The minimum Gasteiger partial charge on any atom is -0.396 e. The van der Waals surface area contributed by atoms with E-state index < -0.39 is 5.82 Å². The van der Waals surface area contributed by atoms with Crippen LogP contribution in [0.5, 0.6) is 0 Å². The number of hydrogen-bond acceptors (Lipinski definition) is 2. The molecule has 0 aromatic heterocycles. The first-order valence-electron chi connectivity index (χ1n) is 5.22. The maximum atomic E-state index is 13.0. The standard InChI is InChI=1S/C12H16FNO2/c1-8-3-4-10(13)7-11(8)12(16)14-9(2)5-6-15/h3-4,7,9,15H,5-6H2,1-2H3,(H,14,16). The molecular formula is C12H16FNO2. The van der Waals surface area contributed by atoms with Crippen LogP contribution < -0.4 is 5.32 Å². The fourth-order valence-electron chi connectivity index (χ4n) is 1.41. The van der Waals surface area contributed by atoms with E-state index in [0.717, 1.165) is 5.56 Å². The van der Waals surface area contributed by atoms with Crippen molar-refractivity contribution in [1.82, 2.24) is 5.32 Å². The highest BCUT2D eigenvalue weighted by atomic mass is 19.1. The minimum absolute atomic E-state index is 0.0174. The van der Waals surface area contributed by atoms with E-state index in [-0.39, 0.29) is 18.6 Å². The maximum absolute atomic E-state index is 13.0. The van der Waals surface area contributed by atoms with E-state index in [2.05, 4.69) is 5.32 Å². The molecule has 0 saturated carbocycles. The van der Waals surface area contributed by atoms with E-state index in [9.17, 15) is 9.18 Å². The van der Waals surface area contributed by atoms with Crippen molar-refractivity contribution in [3.05, 3.63) is 35.1 Å². The number of aliphatic hydroxyl groups is 1. The van der Waals surface area contributed by atoms with Gasteiger partial charge >= 0.3 is 0 Å². The Morgan fingerprint density at radius 2 is 2.25 bits per heavy atom. The van der Waals surface area contributed by atoms with Gasteiger partial charge in [-0.3, -0.25) is 4.79 Å². The zero-order valence-corrected chi connectivity index (χ0v) is 9.46. The van der Waals surface area contributed by atoms with E-state index in [1.54, 1.807) is 19.9 Å². The van der Waals surface area contributed by atoms with Crippen molar-refractivity contribution in [2.24, 2.45) is 0 Å². The Morgan fingerprint density at radius 3 is 2.88 bits per heavy atom. The zero-order chi connectivity index (χ0) is 12.1. The van der Waals surface area contributed by atoms with Gasteiger partial charge in [-0.25, -0.2) is 4.39 Å². The number of benzene rings is 1. The van der Waals surface area contributed by atoms with E-state index in [4.69, 9.17) is 5.11 Å². The number of nitrogens with one attached hydrogen (secondary N) is 1. The second kappa shape index (κ2) is 5.61. The van der Waals surface area contributed by atoms with E-state index >= 15 is 0 Å². The van der Waals surface area contributed by atoms with Crippen molar-refractivity contribution in [3.8, 4) is 0 Å². The predicted molar refractivity (Wildman–Crippen MR) is 59.8 cm³/mol. The van der Waals surface area contributed by atoms with Gasteiger partial charge in [-0.2, -0.15) is 0 Å². The number of rotatable bonds is 4. The van der Waals surface area contributed by atoms with Gasteiger partial charge in [0.15, 0.2) is 0 Å². The predicted octanol–water partition coefficient (Wildman–Crippen LogP) is 1.63. The normalized spacial score (nSPS) is 12.2. The first kappa shape index (κ1) is 12.6. The van der Waals surface area contributed by atoms with Gasteiger partial charge < -0.3 is 10.4 Å². The van der Waals surface area contributed by atoms with Crippen LogP contribution in [0.25, 0.3) is 0 Å². The average Bonchev–Trinajstić information content (AvgIpc) is 2.21. The molecule has 0 heterocycles. The molecule has 1 unspecified atom stereocenters. The summed E-state index contributed by atoms with van der Waals surface area (Å²) >= 11 is 0. The van der Waals surface area contributed by atoms with Crippen LogP contribution in [0.1, 0.15) is 29.3 Å². The van der Waals surface area contributed by atoms with Crippen molar-refractivity contribution in [2.45, 2.75) is 26.3 Å². The molecule has 1 amide bonds. The second-order valence-electron chi connectivity index (χ2n) is 3.85. The van der Waals surface area contributed by atoms with E-state index in [1.165, 1.54) is 12.1 Å². The first-order valence-corrected chi connectivity index (χ1v) is 5.22. The Hall–Kier alpha value is -1.42. The minimum atomic E-state index is -0.425. The molecule has 88 valence electrons. The lowest BCUT2D eigenvalue weighted by Gasteiger charge is -2.13. The topological polar surface area (TPSA) is 49.3 Å². The summed E-state index contributed by atoms with van der Waals surface area (Å²) in [7, 11) is 0. The van der Waals surface area contributed by atoms with Gasteiger partial charge in [0.2, 0.25) is 0 Å². The molecular weight excluding hydrogens is 209 g/mol. The largest absolute Gasteiger partial charge is 0.396 e. The van der Waals surface area contributed by atoms with Gasteiger partial charge in [0, 0.05) is 18.2 Å². The Bertz CT molecular complexity index is 379. The number of hydrogen-bond donors (Lipinski definition) is 2. The number of amides is 1. The lowest BCUT2D eigenvalue weighted by atomic mass is 10.1. The number of halogens is 1. The van der Waals surface area contributed by atoms with E-state index in [1.807, 2.05) is 0 Å². The molecule has 1 aromatic rings. The fraction of sp³-hybridized carbons (Fsp3) is 0.417. The highest BCUT2D eigenvalue weighted by Crippen LogP contribution is 2.10. The van der Waals surface area contributed by atoms with Crippen molar-refractivity contribution in [1.29, 1.82) is 0 Å². The third-order valence-electron chi connectivity index (χ3n) is 2.38. The molecule has 0 aliphatic heterocycles. The first-order chi connectivity index (χ1) is 7.54. The van der Waals surface area contributed by atoms with Crippen LogP contribution in [0.15, 0.2) is 18.2 Å². The smallest absolute Gasteiger partial charge is 0.251 e. The van der Waals surface area contributed by atoms with Crippen LogP contribution in [0.4, 0.5) is 4.39 Å². The second-order valence-corrected chi connectivity index (χ2v) is 3.85. The van der Waals surface area contributed by atoms with Gasteiger partial charge in [-0.15, -0.1) is 0 Å². The summed E-state index contributed by atoms with van der Waals surface area (Å²) in [6.07, 6.45) is 0.486. The van der Waals surface area contributed by atoms with Crippen LogP contribution in [0.2, 0.25) is 0 Å². The van der Waals surface area contributed by atoms with Crippen LogP contribution in [-0.4, -0.2) is 23.7 Å². The Kier molecular flexibility index (Phi) is 4.43. The molecule has 0 spiro atoms. The van der Waals surface area contributed by atoms with Crippen LogP contribution in [0, 0.1) is 12.7 Å². The van der Waals surface area contributed by atoms with Gasteiger partial charge in [-0.05, 0) is 38.0 Å². The molecule has 1 aromatic carbocycles. The molecule has 0 aliphatic carbocycles. The molecule has 2 N–H and O–H groups in total. The highest BCUT2D eigenvalue weighted by molar-refractivity contribution is 5.95. The molecule has 0 bridgehead atoms. The maximum Gasteiger partial charge on any atom is 0.251 e. The summed E-state index contributed by atoms with van der Waals surface area (Å²) in [5.41, 5.74) is 1.07. The quantitative estimate of drug-likeness (QED) is 0.818. The molecule has 4 heteroatoms. The van der Waals surface area contributed by atoms with Crippen molar-refractivity contribution >= 4 is 5.91 Å². The number of aliphatic hydroxyl groups excluding tert-OH is 1. The average molecular weight is 225 g/mol. The molecule has 0 aliphatic rings. The van der Waals surface area contributed by atoms with Crippen molar-refractivity contribution in [3.63, 3.8) is 0 Å². The van der Waals surface area contributed by atoms with E-state index in [0.29, 0.717) is 12.0 Å². The molecule has 0 fully saturated rings. The SMILES string of the molecule is Cc1ccc(F)cc1C(=O)NC(C)CCO. The Labute approximate surface area is 94.3 Å².